The van der Waals surface area contributed by atoms with Crippen molar-refractivity contribution in [1.82, 2.24) is 0 Å². The van der Waals surface area contributed by atoms with Crippen molar-refractivity contribution < 1.29 is 28.6 Å². The zero-order chi connectivity index (χ0) is 32.2. The first-order valence-corrected chi connectivity index (χ1v) is 15.0. The Labute approximate surface area is 264 Å². The van der Waals surface area contributed by atoms with Crippen molar-refractivity contribution >= 4 is 29.0 Å². The van der Waals surface area contributed by atoms with Crippen LogP contribution in [-0.4, -0.2) is 51.1 Å². The van der Waals surface area contributed by atoms with E-state index in [4.69, 9.17) is 14.2 Å². The maximum absolute atomic E-state index is 13.2. The van der Waals surface area contributed by atoms with E-state index < -0.39 is 12.0 Å². The number of rotatable bonds is 15. The number of para-hydroxylation sites is 3. The normalized spacial score (nSPS) is 11.4. The van der Waals surface area contributed by atoms with Crippen molar-refractivity contribution in [3.05, 3.63) is 120 Å². The molecular formula is C37H40N2O6. The molecule has 8 heteroatoms. The Balaban J connectivity index is 1.38. The van der Waals surface area contributed by atoms with Gasteiger partial charge >= 0.3 is 5.97 Å². The molecule has 4 aromatic carbocycles. The molecule has 1 amide bonds. The average molecular weight is 609 g/mol. The first-order chi connectivity index (χ1) is 21.8. The maximum atomic E-state index is 13.2. The van der Waals surface area contributed by atoms with Gasteiger partial charge in [-0.3, -0.25) is 9.59 Å². The zero-order valence-electron chi connectivity index (χ0n) is 26.2. The smallest absolute Gasteiger partial charge is 0.328 e. The van der Waals surface area contributed by atoms with E-state index in [2.05, 4.69) is 5.32 Å². The van der Waals surface area contributed by atoms with Gasteiger partial charge < -0.3 is 24.4 Å². The van der Waals surface area contributed by atoms with Gasteiger partial charge in [0, 0.05) is 35.7 Å². The third kappa shape index (κ3) is 8.72. The fourth-order valence-corrected chi connectivity index (χ4v) is 4.96. The molecule has 4 aromatic rings. The summed E-state index contributed by atoms with van der Waals surface area (Å²) in [5.41, 5.74) is 3.22. The largest absolute Gasteiger partial charge is 0.495 e. The molecule has 234 valence electrons. The number of carbonyl (C=O) groups is 3. The molecule has 0 heterocycles. The van der Waals surface area contributed by atoms with Crippen molar-refractivity contribution in [2.75, 3.05) is 37.6 Å². The zero-order valence-corrected chi connectivity index (χ0v) is 26.2. The molecule has 0 fully saturated rings. The third-order valence-corrected chi connectivity index (χ3v) is 7.32. The lowest BCUT2D eigenvalue weighted by molar-refractivity contribution is -0.141. The average Bonchev–Trinajstić information content (AvgIpc) is 3.08. The van der Waals surface area contributed by atoms with E-state index in [0.717, 1.165) is 11.3 Å². The summed E-state index contributed by atoms with van der Waals surface area (Å²) >= 11 is 0. The fourth-order valence-electron chi connectivity index (χ4n) is 4.96. The molecule has 45 heavy (non-hydrogen) atoms. The topological polar surface area (TPSA) is 94.2 Å². The summed E-state index contributed by atoms with van der Waals surface area (Å²) in [4.78, 5) is 40.7. The van der Waals surface area contributed by atoms with Crippen LogP contribution in [0.25, 0.3) is 0 Å². The van der Waals surface area contributed by atoms with Gasteiger partial charge in [0.15, 0.2) is 5.78 Å². The molecule has 1 atom stereocenters. The number of hydrogen-bond donors (Lipinski definition) is 1. The van der Waals surface area contributed by atoms with Crippen molar-refractivity contribution in [3.63, 3.8) is 0 Å². The van der Waals surface area contributed by atoms with Crippen molar-refractivity contribution in [2.24, 2.45) is 5.92 Å². The minimum atomic E-state index is -0.717. The molecule has 0 unspecified atom stereocenters. The molecule has 0 aliphatic heterocycles. The fraction of sp³-hybridized carbons (Fsp3) is 0.270. The van der Waals surface area contributed by atoms with E-state index in [9.17, 15) is 14.4 Å². The predicted octanol–water partition coefficient (Wildman–Crippen LogP) is 6.58. The van der Waals surface area contributed by atoms with Crippen LogP contribution in [0.1, 0.15) is 41.8 Å². The second-order valence-corrected chi connectivity index (χ2v) is 10.8. The quantitative estimate of drug-likeness (QED) is 0.0926. The molecule has 0 saturated carbocycles. The third-order valence-electron chi connectivity index (χ3n) is 7.32. The Morgan fingerprint density at radius 2 is 1.47 bits per heavy atom. The van der Waals surface area contributed by atoms with Gasteiger partial charge in [0.05, 0.1) is 26.5 Å². The standard InChI is InChI=1S/C37H40N2O6/c1-26(2)36(41)39(33-17-10-11-18-34(33)43-3)23-12-24-45-29-21-19-27(20-22-29)25-32(37(42)44-4)38-31-16-9-8-15-30(31)35(40)28-13-6-5-7-14-28/h5-11,13-22,26,32,38H,12,23-25H2,1-4H3/t32-/m0/s1. The molecule has 8 nitrogen and oxygen atoms in total. The summed E-state index contributed by atoms with van der Waals surface area (Å²) in [7, 11) is 2.94. The SMILES string of the molecule is COC(=O)[C@H](Cc1ccc(OCCCN(C(=O)C(C)C)c2ccccc2OC)cc1)Nc1ccccc1C(=O)c1ccccc1. The van der Waals surface area contributed by atoms with Gasteiger partial charge in [-0.15, -0.1) is 0 Å². The molecule has 0 radical (unpaired) electrons. The van der Waals surface area contributed by atoms with Gasteiger partial charge in [0.25, 0.3) is 0 Å². The molecule has 0 aliphatic rings. The number of esters is 1. The minimum Gasteiger partial charge on any atom is -0.495 e. The number of carbonyl (C=O) groups excluding carboxylic acids is 3. The van der Waals surface area contributed by atoms with Crippen molar-refractivity contribution in [3.8, 4) is 11.5 Å². The van der Waals surface area contributed by atoms with Gasteiger partial charge in [-0.25, -0.2) is 4.79 Å². The second kappa shape index (κ2) is 16.1. The van der Waals surface area contributed by atoms with Crippen molar-refractivity contribution in [2.45, 2.75) is 32.7 Å². The van der Waals surface area contributed by atoms with Crippen LogP contribution in [0.3, 0.4) is 0 Å². The highest BCUT2D eigenvalue weighted by atomic mass is 16.5. The molecule has 0 bridgehead atoms. The molecule has 0 spiro atoms. The molecule has 1 N–H and O–H groups in total. The first kappa shape index (κ1) is 32.8. The number of amides is 1. The van der Waals surface area contributed by atoms with Crippen LogP contribution in [0.5, 0.6) is 11.5 Å². The summed E-state index contributed by atoms with van der Waals surface area (Å²) in [5.74, 6) is 0.610. The van der Waals surface area contributed by atoms with Gasteiger partial charge in [-0.05, 0) is 48.4 Å². The van der Waals surface area contributed by atoms with Crippen LogP contribution in [0.15, 0.2) is 103 Å². The van der Waals surface area contributed by atoms with Crippen LogP contribution in [0.4, 0.5) is 11.4 Å². The second-order valence-electron chi connectivity index (χ2n) is 10.8. The highest BCUT2D eigenvalue weighted by Crippen LogP contribution is 2.29. The summed E-state index contributed by atoms with van der Waals surface area (Å²) in [6, 6.07) is 30.5. The van der Waals surface area contributed by atoms with Gasteiger partial charge in [0.2, 0.25) is 5.91 Å². The van der Waals surface area contributed by atoms with E-state index in [1.165, 1.54) is 7.11 Å². The number of nitrogens with zero attached hydrogens (tertiary/aromatic N) is 1. The van der Waals surface area contributed by atoms with E-state index in [-0.39, 0.29) is 17.6 Å². The predicted molar refractivity (Wildman–Crippen MR) is 176 cm³/mol. The monoisotopic (exact) mass is 608 g/mol. The van der Waals surface area contributed by atoms with Gasteiger partial charge in [0.1, 0.15) is 17.5 Å². The Hall–Kier alpha value is -5.11. The number of ether oxygens (including phenoxy) is 3. The molecule has 0 aromatic heterocycles. The minimum absolute atomic E-state index is 0.0182. The van der Waals surface area contributed by atoms with E-state index in [1.54, 1.807) is 42.3 Å². The van der Waals surface area contributed by atoms with E-state index >= 15 is 0 Å². The van der Waals surface area contributed by atoms with Gasteiger partial charge in [-0.1, -0.05) is 80.6 Å². The van der Waals surface area contributed by atoms with Crippen LogP contribution in [0, 0.1) is 5.92 Å². The number of nitrogens with one attached hydrogen (secondary N) is 1. The Morgan fingerprint density at radius 1 is 0.800 bits per heavy atom. The number of ketones is 1. The Bertz CT molecular complexity index is 1570. The number of hydrogen-bond acceptors (Lipinski definition) is 7. The number of methoxy groups -OCH3 is 2. The van der Waals surface area contributed by atoms with Crippen molar-refractivity contribution in [1.29, 1.82) is 0 Å². The van der Waals surface area contributed by atoms with Crippen LogP contribution < -0.4 is 19.7 Å². The maximum Gasteiger partial charge on any atom is 0.328 e. The van der Waals surface area contributed by atoms with Crippen LogP contribution in [-0.2, 0) is 20.7 Å². The Kier molecular flexibility index (Phi) is 11.7. The molecule has 4 rings (SSSR count). The number of anilines is 2. The van der Waals surface area contributed by atoms with Crippen LogP contribution in [0.2, 0.25) is 0 Å². The van der Waals surface area contributed by atoms with Crippen LogP contribution >= 0.6 is 0 Å². The summed E-state index contributed by atoms with van der Waals surface area (Å²) < 4.78 is 16.6. The lowest BCUT2D eigenvalue weighted by Gasteiger charge is -2.26. The highest BCUT2D eigenvalue weighted by Gasteiger charge is 2.23. The molecular weight excluding hydrogens is 568 g/mol. The molecule has 0 aliphatic carbocycles. The first-order valence-electron chi connectivity index (χ1n) is 15.0. The lowest BCUT2D eigenvalue weighted by atomic mass is 10.00. The summed E-state index contributed by atoms with van der Waals surface area (Å²) in [5, 5.41) is 3.24. The molecule has 0 saturated heterocycles. The van der Waals surface area contributed by atoms with Gasteiger partial charge in [-0.2, -0.15) is 0 Å². The van der Waals surface area contributed by atoms with E-state index in [1.807, 2.05) is 86.6 Å². The Morgan fingerprint density at radius 3 is 2.16 bits per heavy atom. The number of benzene rings is 4. The summed E-state index contributed by atoms with van der Waals surface area (Å²) in [6.45, 7) is 4.66. The summed E-state index contributed by atoms with van der Waals surface area (Å²) in [6.07, 6.45) is 0.958. The lowest BCUT2D eigenvalue weighted by Crippen LogP contribution is -2.36. The van der Waals surface area contributed by atoms with E-state index in [0.29, 0.717) is 54.3 Å². The highest BCUT2D eigenvalue weighted by molar-refractivity contribution is 6.12.